The molecule has 0 spiro atoms. The standard InChI is InChI=1S/C24H33N5O4/c1-17(30)27-24(14-6-4-5-7-15-24)23-26-21(33-28-23)13-12-20(31)25-16-18-8-10-19(11-9-18)22(32)29(2)3/h8-11H,4-7,12-16H2,1-3H3,(H,25,31)(H,27,30). The number of benzene rings is 1. The van der Waals surface area contributed by atoms with Crippen molar-refractivity contribution in [3.8, 4) is 0 Å². The lowest BCUT2D eigenvalue weighted by Gasteiger charge is -2.30. The number of amides is 3. The molecule has 1 aliphatic carbocycles. The van der Waals surface area contributed by atoms with Crippen molar-refractivity contribution in [2.24, 2.45) is 0 Å². The Kier molecular flexibility index (Phi) is 8.19. The molecule has 1 aliphatic rings. The van der Waals surface area contributed by atoms with Gasteiger partial charge in [-0.2, -0.15) is 4.98 Å². The average molecular weight is 456 g/mol. The molecule has 3 rings (SSSR count). The van der Waals surface area contributed by atoms with Crippen LogP contribution in [0, 0.1) is 0 Å². The fourth-order valence-corrected chi connectivity index (χ4v) is 4.16. The highest BCUT2D eigenvalue weighted by molar-refractivity contribution is 5.93. The monoisotopic (exact) mass is 455 g/mol. The smallest absolute Gasteiger partial charge is 0.253 e. The van der Waals surface area contributed by atoms with Gasteiger partial charge in [0.15, 0.2) is 5.82 Å². The second kappa shape index (κ2) is 11.1. The van der Waals surface area contributed by atoms with E-state index in [1.165, 1.54) is 11.8 Å². The Balaban J connectivity index is 1.52. The summed E-state index contributed by atoms with van der Waals surface area (Å²) in [4.78, 5) is 42.1. The van der Waals surface area contributed by atoms with Crippen LogP contribution in [0.4, 0.5) is 0 Å². The number of hydrogen-bond donors (Lipinski definition) is 2. The molecular weight excluding hydrogens is 422 g/mol. The van der Waals surface area contributed by atoms with Crippen molar-refractivity contribution in [3.05, 3.63) is 47.1 Å². The Morgan fingerprint density at radius 2 is 1.73 bits per heavy atom. The van der Waals surface area contributed by atoms with Gasteiger partial charge in [-0.25, -0.2) is 0 Å². The number of hydrogen-bond acceptors (Lipinski definition) is 6. The number of carbonyl (C=O) groups is 3. The first-order chi connectivity index (χ1) is 15.8. The van der Waals surface area contributed by atoms with Crippen molar-refractivity contribution < 1.29 is 18.9 Å². The van der Waals surface area contributed by atoms with Crippen LogP contribution in [0.1, 0.15) is 79.5 Å². The minimum atomic E-state index is -0.591. The van der Waals surface area contributed by atoms with Gasteiger partial charge in [0, 0.05) is 46.0 Å². The average Bonchev–Trinajstić information content (AvgIpc) is 3.15. The lowest BCUT2D eigenvalue weighted by atomic mass is 9.89. The number of aryl methyl sites for hydroxylation is 1. The zero-order chi connectivity index (χ0) is 23.8. The van der Waals surface area contributed by atoms with Gasteiger partial charge >= 0.3 is 0 Å². The summed E-state index contributed by atoms with van der Waals surface area (Å²) in [5.41, 5.74) is 0.921. The predicted octanol–water partition coefficient (Wildman–Crippen LogP) is 2.71. The molecule has 9 heteroatoms. The topological polar surface area (TPSA) is 117 Å². The molecule has 0 saturated heterocycles. The fraction of sp³-hybridized carbons (Fsp3) is 0.542. The van der Waals surface area contributed by atoms with Gasteiger partial charge in [-0.15, -0.1) is 0 Å². The zero-order valence-electron chi connectivity index (χ0n) is 19.6. The SMILES string of the molecule is CC(=O)NC1(c2noc(CCC(=O)NCc3ccc(C(=O)N(C)C)cc3)n2)CCCCCC1. The van der Waals surface area contributed by atoms with E-state index in [0.29, 0.717) is 30.2 Å². The maximum Gasteiger partial charge on any atom is 0.253 e. The molecule has 1 aromatic carbocycles. The highest BCUT2D eigenvalue weighted by Gasteiger charge is 2.38. The Bertz CT molecular complexity index is 959. The van der Waals surface area contributed by atoms with E-state index in [9.17, 15) is 14.4 Å². The molecule has 0 atom stereocenters. The van der Waals surface area contributed by atoms with E-state index >= 15 is 0 Å². The van der Waals surface area contributed by atoms with Crippen molar-refractivity contribution in [3.63, 3.8) is 0 Å². The van der Waals surface area contributed by atoms with E-state index < -0.39 is 5.54 Å². The highest BCUT2D eigenvalue weighted by Crippen LogP contribution is 2.34. The quantitative estimate of drug-likeness (QED) is 0.591. The van der Waals surface area contributed by atoms with Crippen LogP contribution in [0.3, 0.4) is 0 Å². The summed E-state index contributed by atoms with van der Waals surface area (Å²) >= 11 is 0. The van der Waals surface area contributed by atoms with Crippen LogP contribution in [0.2, 0.25) is 0 Å². The molecule has 1 fully saturated rings. The summed E-state index contributed by atoms with van der Waals surface area (Å²) in [6, 6.07) is 7.16. The minimum absolute atomic E-state index is 0.0614. The maximum absolute atomic E-state index is 12.3. The maximum atomic E-state index is 12.3. The molecular formula is C24H33N5O4. The minimum Gasteiger partial charge on any atom is -0.352 e. The van der Waals surface area contributed by atoms with Gasteiger partial charge < -0.3 is 20.1 Å². The number of nitrogens with zero attached hydrogens (tertiary/aromatic N) is 3. The predicted molar refractivity (Wildman–Crippen MR) is 122 cm³/mol. The summed E-state index contributed by atoms with van der Waals surface area (Å²) < 4.78 is 5.41. The molecule has 33 heavy (non-hydrogen) atoms. The molecule has 2 aromatic rings. The van der Waals surface area contributed by atoms with Crippen LogP contribution in [-0.2, 0) is 28.1 Å². The first kappa shape index (κ1) is 24.4. The van der Waals surface area contributed by atoms with Gasteiger partial charge in [-0.3, -0.25) is 14.4 Å². The van der Waals surface area contributed by atoms with E-state index in [4.69, 9.17) is 4.52 Å². The first-order valence-corrected chi connectivity index (χ1v) is 11.5. The molecule has 178 valence electrons. The van der Waals surface area contributed by atoms with Gasteiger partial charge in [-0.05, 0) is 30.5 Å². The largest absolute Gasteiger partial charge is 0.352 e. The molecule has 9 nitrogen and oxygen atoms in total. The van der Waals surface area contributed by atoms with E-state index in [2.05, 4.69) is 20.8 Å². The van der Waals surface area contributed by atoms with E-state index in [1.807, 2.05) is 12.1 Å². The van der Waals surface area contributed by atoms with Crippen LogP contribution in [0.5, 0.6) is 0 Å². The number of nitrogens with one attached hydrogen (secondary N) is 2. The summed E-state index contributed by atoms with van der Waals surface area (Å²) in [6.07, 6.45) is 6.35. The van der Waals surface area contributed by atoms with E-state index in [-0.39, 0.29) is 24.1 Å². The molecule has 3 amide bonds. The molecule has 0 unspecified atom stereocenters. The van der Waals surface area contributed by atoms with Crippen LogP contribution in [0.25, 0.3) is 0 Å². The molecule has 0 aliphatic heterocycles. The van der Waals surface area contributed by atoms with Crippen molar-refractivity contribution in [2.45, 2.75) is 70.4 Å². The molecule has 1 aromatic heterocycles. The third-order valence-corrected chi connectivity index (χ3v) is 5.93. The van der Waals surface area contributed by atoms with Gasteiger partial charge in [0.25, 0.3) is 5.91 Å². The number of rotatable bonds is 8. The fourth-order valence-electron chi connectivity index (χ4n) is 4.16. The molecule has 1 saturated carbocycles. The van der Waals surface area contributed by atoms with Crippen LogP contribution < -0.4 is 10.6 Å². The lowest BCUT2D eigenvalue weighted by Crippen LogP contribution is -2.45. The Labute approximate surface area is 194 Å². The normalized spacial score (nSPS) is 15.4. The van der Waals surface area contributed by atoms with Crippen molar-refractivity contribution in [1.82, 2.24) is 25.7 Å². The Hall–Kier alpha value is -3.23. The summed E-state index contributed by atoms with van der Waals surface area (Å²) in [6.45, 7) is 1.88. The Morgan fingerprint density at radius 3 is 2.33 bits per heavy atom. The highest BCUT2D eigenvalue weighted by atomic mass is 16.5. The van der Waals surface area contributed by atoms with Crippen LogP contribution >= 0.6 is 0 Å². The van der Waals surface area contributed by atoms with Gasteiger partial charge in [-0.1, -0.05) is 43.0 Å². The molecule has 0 bridgehead atoms. The van der Waals surface area contributed by atoms with Gasteiger partial charge in [0.05, 0.1) is 0 Å². The van der Waals surface area contributed by atoms with Crippen molar-refractivity contribution in [2.75, 3.05) is 14.1 Å². The van der Waals surface area contributed by atoms with Gasteiger partial charge in [0.1, 0.15) is 5.54 Å². The lowest BCUT2D eigenvalue weighted by molar-refractivity contribution is -0.122. The van der Waals surface area contributed by atoms with Gasteiger partial charge in [0.2, 0.25) is 17.7 Å². The van der Waals surface area contributed by atoms with E-state index in [1.54, 1.807) is 26.2 Å². The summed E-state index contributed by atoms with van der Waals surface area (Å²) in [7, 11) is 3.41. The van der Waals surface area contributed by atoms with Crippen molar-refractivity contribution >= 4 is 17.7 Å². The zero-order valence-corrected chi connectivity index (χ0v) is 19.6. The third-order valence-electron chi connectivity index (χ3n) is 5.93. The van der Waals surface area contributed by atoms with Crippen LogP contribution in [-0.4, -0.2) is 46.9 Å². The second-order valence-corrected chi connectivity index (χ2v) is 8.86. The molecule has 0 radical (unpaired) electrons. The molecule has 1 heterocycles. The number of carbonyl (C=O) groups excluding carboxylic acids is 3. The first-order valence-electron chi connectivity index (χ1n) is 11.5. The summed E-state index contributed by atoms with van der Waals surface area (Å²) in [5.74, 6) is 0.590. The van der Waals surface area contributed by atoms with Crippen molar-refractivity contribution in [1.29, 1.82) is 0 Å². The second-order valence-electron chi connectivity index (χ2n) is 8.86. The summed E-state index contributed by atoms with van der Waals surface area (Å²) in [5, 5.41) is 10.1. The van der Waals surface area contributed by atoms with Crippen LogP contribution in [0.15, 0.2) is 28.8 Å². The molecule has 2 N–H and O–H groups in total. The number of aromatic nitrogens is 2. The Morgan fingerprint density at radius 1 is 1.06 bits per heavy atom. The van der Waals surface area contributed by atoms with E-state index in [0.717, 1.165) is 44.1 Å². The third kappa shape index (κ3) is 6.63.